The number of halogens is 1. The molecular formula is C23H30ClN7O8. The minimum absolute atomic E-state index is 0.0668. The molecule has 1 aromatic heterocycles. The molecule has 0 bridgehead atoms. The van der Waals surface area contributed by atoms with Gasteiger partial charge in [-0.15, -0.1) is 0 Å². The number of imide groups is 2. The molecule has 3 rings (SSSR count). The van der Waals surface area contributed by atoms with Gasteiger partial charge in [-0.2, -0.15) is 15.0 Å². The van der Waals surface area contributed by atoms with E-state index in [1.165, 1.54) is 0 Å². The molecule has 3 heterocycles. The van der Waals surface area contributed by atoms with Crippen molar-refractivity contribution >= 4 is 59.1 Å². The summed E-state index contributed by atoms with van der Waals surface area (Å²) in [5.74, 6) is -5.05. The first-order valence-corrected chi connectivity index (χ1v) is 13.0. The molecule has 0 saturated carbocycles. The predicted molar refractivity (Wildman–Crippen MR) is 134 cm³/mol. The Morgan fingerprint density at radius 2 is 1.21 bits per heavy atom. The number of aliphatic carboxylic acids is 2. The third-order valence-corrected chi connectivity index (χ3v) is 6.55. The standard InChI is InChI=1S/C23H30ClN7O8/c24-20-27-21(25-12-4-1-2-6-18(36)37)29-22(28-20)26-13-5-3-11-23(19(38)39,30-14(32)7-8-15(30)33)31-16(34)9-10-17(31)35/h1-13H2,(H,36,37)(H,38,39)(H2,25,26,27,28,29). The smallest absolute Gasteiger partial charge is 0.351 e. The molecule has 2 aliphatic heterocycles. The van der Waals surface area contributed by atoms with Crippen molar-refractivity contribution in [2.24, 2.45) is 0 Å². The fourth-order valence-electron chi connectivity index (χ4n) is 4.58. The molecule has 2 aliphatic rings. The zero-order valence-corrected chi connectivity index (χ0v) is 21.9. The molecule has 2 fully saturated rings. The molecule has 39 heavy (non-hydrogen) atoms. The van der Waals surface area contributed by atoms with Gasteiger partial charge in [0.15, 0.2) is 0 Å². The number of carbonyl (C=O) groups excluding carboxylic acids is 4. The summed E-state index contributed by atoms with van der Waals surface area (Å²) in [7, 11) is 0. The van der Waals surface area contributed by atoms with Crippen LogP contribution in [0.1, 0.15) is 70.6 Å². The molecule has 0 aliphatic carbocycles. The average molecular weight is 568 g/mol. The van der Waals surface area contributed by atoms with E-state index in [0.29, 0.717) is 42.0 Å². The molecule has 0 radical (unpaired) electrons. The molecule has 0 unspecified atom stereocenters. The van der Waals surface area contributed by atoms with Crippen LogP contribution < -0.4 is 10.6 Å². The fourth-order valence-corrected chi connectivity index (χ4v) is 4.74. The zero-order valence-electron chi connectivity index (χ0n) is 21.2. The SMILES string of the molecule is O=C(O)CCCCCNc1nc(Cl)nc(NCCCCC(C(=O)O)(N2C(=O)CCC2=O)N2C(=O)CCC2=O)n1. The molecule has 4 N–H and O–H groups in total. The van der Waals surface area contributed by atoms with Gasteiger partial charge in [0.1, 0.15) is 0 Å². The highest BCUT2D eigenvalue weighted by Gasteiger charge is 2.60. The second kappa shape index (κ2) is 13.3. The summed E-state index contributed by atoms with van der Waals surface area (Å²) in [6, 6.07) is 0. The number of carboxylic acid groups (broad SMARTS) is 2. The molecule has 1 aromatic rings. The fraction of sp³-hybridized carbons (Fsp3) is 0.609. The van der Waals surface area contributed by atoms with Crippen LogP contribution in [-0.2, 0) is 28.8 Å². The lowest BCUT2D eigenvalue weighted by molar-refractivity contribution is -0.184. The number of likely N-dealkylation sites (tertiary alicyclic amines) is 2. The second-order valence-corrected chi connectivity index (χ2v) is 9.47. The number of nitrogens with one attached hydrogen (secondary N) is 2. The van der Waals surface area contributed by atoms with Gasteiger partial charge in [0.05, 0.1) is 0 Å². The lowest BCUT2D eigenvalue weighted by Gasteiger charge is -2.42. The Morgan fingerprint density at radius 1 is 0.744 bits per heavy atom. The summed E-state index contributed by atoms with van der Waals surface area (Å²) in [4.78, 5) is 86.5. The van der Waals surface area contributed by atoms with Gasteiger partial charge < -0.3 is 20.8 Å². The maximum atomic E-state index is 12.5. The minimum Gasteiger partial charge on any atom is -0.481 e. The number of hydrogen-bond acceptors (Lipinski definition) is 11. The number of carboxylic acids is 2. The first-order chi connectivity index (χ1) is 18.6. The van der Waals surface area contributed by atoms with E-state index in [-0.39, 0.29) is 68.7 Å². The molecule has 15 nitrogen and oxygen atoms in total. The predicted octanol–water partition coefficient (Wildman–Crippen LogP) is 1.24. The summed E-state index contributed by atoms with van der Waals surface area (Å²) < 4.78 is 0. The van der Waals surface area contributed by atoms with E-state index in [0.717, 1.165) is 0 Å². The Hall–Kier alpha value is -3.88. The molecule has 4 amide bonds. The van der Waals surface area contributed by atoms with Crippen LogP contribution in [0.4, 0.5) is 11.9 Å². The topological polar surface area (TPSA) is 212 Å². The quantitative estimate of drug-likeness (QED) is 0.164. The van der Waals surface area contributed by atoms with Crippen molar-refractivity contribution < 1.29 is 39.0 Å². The van der Waals surface area contributed by atoms with Gasteiger partial charge in [-0.05, 0) is 37.3 Å². The van der Waals surface area contributed by atoms with Gasteiger partial charge in [-0.1, -0.05) is 6.42 Å². The van der Waals surface area contributed by atoms with Crippen LogP contribution in [0.3, 0.4) is 0 Å². The van der Waals surface area contributed by atoms with E-state index in [2.05, 4.69) is 25.6 Å². The van der Waals surface area contributed by atoms with Gasteiger partial charge >= 0.3 is 11.9 Å². The van der Waals surface area contributed by atoms with E-state index in [1.54, 1.807) is 0 Å². The summed E-state index contributed by atoms with van der Waals surface area (Å²) in [6.07, 6.45) is 1.44. The first kappa shape index (κ1) is 29.7. The summed E-state index contributed by atoms with van der Waals surface area (Å²) in [5.41, 5.74) is -2.41. The van der Waals surface area contributed by atoms with Crippen LogP contribution in [0, 0.1) is 0 Å². The first-order valence-electron chi connectivity index (χ1n) is 12.6. The van der Waals surface area contributed by atoms with Crippen LogP contribution in [0.5, 0.6) is 0 Å². The van der Waals surface area contributed by atoms with E-state index in [4.69, 9.17) is 16.7 Å². The van der Waals surface area contributed by atoms with Crippen molar-refractivity contribution in [3.63, 3.8) is 0 Å². The van der Waals surface area contributed by atoms with Crippen molar-refractivity contribution in [3.8, 4) is 0 Å². The number of nitrogens with zero attached hydrogens (tertiary/aromatic N) is 5. The van der Waals surface area contributed by atoms with E-state index in [1.807, 2.05) is 0 Å². The lowest BCUT2D eigenvalue weighted by Crippen LogP contribution is -2.68. The van der Waals surface area contributed by atoms with E-state index >= 15 is 0 Å². The van der Waals surface area contributed by atoms with Gasteiger partial charge in [-0.25, -0.2) is 14.6 Å². The summed E-state index contributed by atoms with van der Waals surface area (Å²) >= 11 is 5.97. The third-order valence-electron chi connectivity index (χ3n) is 6.38. The maximum Gasteiger partial charge on any atom is 0.351 e. The Morgan fingerprint density at radius 3 is 1.64 bits per heavy atom. The van der Waals surface area contributed by atoms with E-state index < -0.39 is 41.2 Å². The zero-order chi connectivity index (χ0) is 28.6. The highest BCUT2D eigenvalue weighted by molar-refractivity contribution is 6.28. The van der Waals surface area contributed by atoms with Gasteiger partial charge in [0.2, 0.25) is 46.5 Å². The Kier molecular flexibility index (Phi) is 10.1. The molecular weight excluding hydrogens is 538 g/mol. The second-order valence-electron chi connectivity index (χ2n) is 9.13. The van der Waals surface area contributed by atoms with Crippen molar-refractivity contribution in [2.75, 3.05) is 23.7 Å². The molecule has 0 spiro atoms. The number of anilines is 2. The highest BCUT2D eigenvalue weighted by atomic mass is 35.5. The Labute approximate surface area is 228 Å². The Balaban J connectivity index is 1.59. The van der Waals surface area contributed by atoms with Gasteiger partial charge in [-0.3, -0.25) is 24.0 Å². The third kappa shape index (κ3) is 7.16. The van der Waals surface area contributed by atoms with Crippen LogP contribution in [0.25, 0.3) is 0 Å². The normalized spacial score (nSPS) is 15.8. The van der Waals surface area contributed by atoms with Gasteiger partial charge in [0, 0.05) is 51.6 Å². The van der Waals surface area contributed by atoms with E-state index in [9.17, 15) is 33.9 Å². The van der Waals surface area contributed by atoms with Gasteiger partial charge in [0.25, 0.3) is 0 Å². The number of aromatic nitrogens is 3. The minimum atomic E-state index is -2.41. The maximum absolute atomic E-state index is 12.5. The highest BCUT2D eigenvalue weighted by Crippen LogP contribution is 2.36. The summed E-state index contributed by atoms with van der Waals surface area (Å²) in [6.45, 7) is 0.743. The molecule has 0 atom stereocenters. The van der Waals surface area contributed by atoms with Crippen LogP contribution >= 0.6 is 11.6 Å². The van der Waals surface area contributed by atoms with Crippen molar-refractivity contribution in [2.45, 2.75) is 76.3 Å². The number of amides is 4. The summed E-state index contributed by atoms with van der Waals surface area (Å²) in [5, 5.41) is 24.7. The molecule has 16 heteroatoms. The number of hydrogen-bond donors (Lipinski definition) is 4. The van der Waals surface area contributed by atoms with Crippen LogP contribution in [-0.4, -0.2) is 89.3 Å². The number of unbranched alkanes of at least 4 members (excludes halogenated alkanes) is 3. The number of rotatable bonds is 16. The van der Waals surface area contributed by atoms with Crippen molar-refractivity contribution in [1.29, 1.82) is 0 Å². The molecule has 212 valence electrons. The van der Waals surface area contributed by atoms with Crippen molar-refractivity contribution in [3.05, 3.63) is 5.28 Å². The largest absolute Gasteiger partial charge is 0.481 e. The number of carbonyl (C=O) groups is 6. The van der Waals surface area contributed by atoms with Crippen LogP contribution in [0.2, 0.25) is 5.28 Å². The average Bonchev–Trinajstić information content (AvgIpc) is 3.38. The van der Waals surface area contributed by atoms with Crippen molar-refractivity contribution in [1.82, 2.24) is 24.8 Å². The molecule has 2 saturated heterocycles. The lowest BCUT2D eigenvalue weighted by atomic mass is 9.97. The van der Waals surface area contributed by atoms with Crippen LogP contribution in [0.15, 0.2) is 0 Å². The monoisotopic (exact) mass is 567 g/mol. The molecule has 0 aromatic carbocycles. The Bertz CT molecular complexity index is 1080.